The minimum Gasteiger partial charge on any atom is -0.354 e. The molecular weight excluding hydrogens is 419 g/mol. The molecule has 1 aromatic heterocycles. The second-order valence-electron chi connectivity index (χ2n) is 9.51. The Bertz CT molecular complexity index is 937. The highest BCUT2D eigenvalue weighted by Gasteiger charge is 2.42. The smallest absolute Gasteiger partial charge is 0.230 e. The molecule has 7 heteroatoms. The van der Waals surface area contributed by atoms with E-state index in [1.54, 1.807) is 36.7 Å². The first-order chi connectivity index (χ1) is 16.0. The maximum absolute atomic E-state index is 13.4. The number of aromatic nitrogens is 1. The van der Waals surface area contributed by atoms with Crippen LogP contribution in [0.15, 0.2) is 48.8 Å². The zero-order valence-corrected chi connectivity index (χ0v) is 18.9. The quantitative estimate of drug-likeness (QED) is 0.593. The van der Waals surface area contributed by atoms with Gasteiger partial charge >= 0.3 is 0 Å². The Balaban J connectivity index is 1.27. The molecule has 0 radical (unpaired) electrons. The highest BCUT2D eigenvalue weighted by molar-refractivity contribution is 5.92. The van der Waals surface area contributed by atoms with Crippen LogP contribution in [0.1, 0.15) is 56.9 Å². The molecule has 2 fully saturated rings. The van der Waals surface area contributed by atoms with E-state index in [1.165, 1.54) is 12.1 Å². The van der Waals surface area contributed by atoms with Crippen LogP contribution < -0.4 is 16.4 Å². The first-order valence-corrected chi connectivity index (χ1v) is 12.0. The van der Waals surface area contributed by atoms with Crippen molar-refractivity contribution < 1.29 is 14.0 Å². The number of nitrogens with one attached hydrogen (secondary N) is 2. The number of nitrogens with two attached hydrogens (primary N) is 1. The number of benzene rings is 1. The molecule has 2 aromatic rings. The molecule has 33 heavy (non-hydrogen) atoms. The van der Waals surface area contributed by atoms with E-state index in [-0.39, 0.29) is 35.5 Å². The van der Waals surface area contributed by atoms with E-state index >= 15 is 0 Å². The molecule has 1 atom stereocenters. The molecule has 0 spiro atoms. The predicted octanol–water partition coefficient (Wildman–Crippen LogP) is 3.92. The summed E-state index contributed by atoms with van der Waals surface area (Å²) in [7, 11) is 0. The lowest BCUT2D eigenvalue weighted by molar-refractivity contribution is -0.126. The molecule has 4 N–H and O–H groups in total. The van der Waals surface area contributed by atoms with Crippen molar-refractivity contribution in [2.75, 3.05) is 11.9 Å². The molecule has 2 saturated carbocycles. The van der Waals surface area contributed by atoms with E-state index in [2.05, 4.69) is 15.6 Å². The van der Waals surface area contributed by atoms with Crippen molar-refractivity contribution in [2.24, 2.45) is 17.6 Å². The van der Waals surface area contributed by atoms with Crippen molar-refractivity contribution >= 4 is 17.5 Å². The maximum atomic E-state index is 13.4. The first kappa shape index (κ1) is 23.4. The zero-order valence-electron chi connectivity index (χ0n) is 18.9. The SMILES string of the molecule is NC(CNC(=O)C1(c2ccc(F)cc2)CCCC1)[C@H]1CC[C@H](C(=O)Nc2ccncc2)CC1. The lowest BCUT2D eigenvalue weighted by Crippen LogP contribution is -2.49. The van der Waals surface area contributed by atoms with Gasteiger partial charge in [-0.15, -0.1) is 0 Å². The van der Waals surface area contributed by atoms with Gasteiger partial charge in [0.15, 0.2) is 0 Å². The van der Waals surface area contributed by atoms with Crippen molar-refractivity contribution in [2.45, 2.75) is 62.8 Å². The van der Waals surface area contributed by atoms with E-state index in [0.717, 1.165) is 62.6 Å². The van der Waals surface area contributed by atoms with Gasteiger partial charge in [0.1, 0.15) is 5.82 Å². The van der Waals surface area contributed by atoms with Gasteiger partial charge < -0.3 is 16.4 Å². The number of rotatable bonds is 7. The van der Waals surface area contributed by atoms with E-state index in [1.807, 2.05) is 0 Å². The molecule has 1 aromatic carbocycles. The molecule has 0 saturated heterocycles. The summed E-state index contributed by atoms with van der Waals surface area (Å²) in [6.45, 7) is 0.417. The molecular formula is C26H33FN4O2. The molecule has 6 nitrogen and oxygen atoms in total. The molecule has 0 bridgehead atoms. The van der Waals surface area contributed by atoms with Crippen LogP contribution in [0.5, 0.6) is 0 Å². The molecule has 0 aliphatic heterocycles. The lowest BCUT2D eigenvalue weighted by Gasteiger charge is -2.33. The van der Waals surface area contributed by atoms with Gasteiger partial charge in [-0.05, 0) is 74.3 Å². The van der Waals surface area contributed by atoms with Crippen LogP contribution in [0.2, 0.25) is 0 Å². The lowest BCUT2D eigenvalue weighted by atomic mass is 9.77. The molecule has 1 heterocycles. The van der Waals surface area contributed by atoms with Crippen LogP contribution in [0, 0.1) is 17.7 Å². The van der Waals surface area contributed by atoms with E-state index < -0.39 is 5.41 Å². The third kappa shape index (κ3) is 5.41. The normalized spacial score (nSPS) is 23.0. The minimum atomic E-state index is -0.587. The molecule has 2 aliphatic carbocycles. The fraction of sp³-hybridized carbons (Fsp3) is 0.500. The number of amides is 2. The highest BCUT2D eigenvalue weighted by atomic mass is 19.1. The van der Waals surface area contributed by atoms with Gasteiger partial charge in [0.2, 0.25) is 11.8 Å². The van der Waals surface area contributed by atoms with Crippen molar-refractivity contribution in [3.8, 4) is 0 Å². The van der Waals surface area contributed by atoms with Crippen molar-refractivity contribution in [3.05, 3.63) is 60.2 Å². The van der Waals surface area contributed by atoms with Crippen molar-refractivity contribution in [1.29, 1.82) is 0 Å². The van der Waals surface area contributed by atoms with Gasteiger partial charge in [-0.3, -0.25) is 14.6 Å². The van der Waals surface area contributed by atoms with Gasteiger partial charge in [-0.25, -0.2) is 4.39 Å². The monoisotopic (exact) mass is 452 g/mol. The Kier molecular flexibility index (Phi) is 7.38. The Hall–Kier alpha value is -2.80. The van der Waals surface area contributed by atoms with Gasteiger partial charge in [0.05, 0.1) is 5.41 Å². The van der Waals surface area contributed by atoms with Crippen LogP contribution in [-0.2, 0) is 15.0 Å². The Labute approximate surface area is 194 Å². The van der Waals surface area contributed by atoms with Crippen LogP contribution in [-0.4, -0.2) is 29.4 Å². The van der Waals surface area contributed by atoms with Crippen LogP contribution in [0.3, 0.4) is 0 Å². The highest BCUT2D eigenvalue weighted by Crippen LogP contribution is 2.41. The number of hydrogen-bond acceptors (Lipinski definition) is 4. The molecule has 4 rings (SSSR count). The van der Waals surface area contributed by atoms with Crippen molar-refractivity contribution in [3.63, 3.8) is 0 Å². The summed E-state index contributed by atoms with van der Waals surface area (Å²) in [6, 6.07) is 9.74. The number of anilines is 1. The maximum Gasteiger partial charge on any atom is 0.230 e. The second-order valence-corrected chi connectivity index (χ2v) is 9.51. The zero-order chi connectivity index (χ0) is 23.3. The molecule has 1 unspecified atom stereocenters. The summed E-state index contributed by atoms with van der Waals surface area (Å²) in [5.74, 6) is 0.00734. The Morgan fingerprint density at radius 3 is 2.30 bits per heavy atom. The topological polar surface area (TPSA) is 97.1 Å². The van der Waals surface area contributed by atoms with Gasteiger partial charge in [0.25, 0.3) is 0 Å². The number of pyridine rings is 1. The van der Waals surface area contributed by atoms with Crippen molar-refractivity contribution in [1.82, 2.24) is 10.3 Å². The third-order valence-corrected chi connectivity index (χ3v) is 7.48. The summed E-state index contributed by atoms with van der Waals surface area (Å²) in [5.41, 5.74) is 7.53. The Morgan fingerprint density at radius 1 is 1.03 bits per heavy atom. The largest absolute Gasteiger partial charge is 0.354 e. The van der Waals surface area contributed by atoms with Gasteiger partial charge in [-0.2, -0.15) is 0 Å². The Morgan fingerprint density at radius 2 is 1.67 bits per heavy atom. The van der Waals surface area contributed by atoms with E-state index in [0.29, 0.717) is 6.54 Å². The number of halogens is 1. The fourth-order valence-electron chi connectivity index (χ4n) is 5.43. The third-order valence-electron chi connectivity index (χ3n) is 7.48. The molecule has 2 amide bonds. The van der Waals surface area contributed by atoms with E-state index in [4.69, 9.17) is 5.73 Å². The number of carbonyl (C=O) groups excluding carboxylic acids is 2. The molecule has 2 aliphatic rings. The summed E-state index contributed by atoms with van der Waals surface area (Å²) in [4.78, 5) is 29.8. The van der Waals surface area contributed by atoms with Gasteiger partial charge in [-0.1, -0.05) is 25.0 Å². The van der Waals surface area contributed by atoms with Gasteiger partial charge in [0, 0.05) is 36.6 Å². The second kappa shape index (κ2) is 10.4. The van der Waals surface area contributed by atoms with Crippen LogP contribution in [0.4, 0.5) is 10.1 Å². The van der Waals surface area contributed by atoms with Crippen LogP contribution >= 0.6 is 0 Å². The number of hydrogen-bond donors (Lipinski definition) is 3. The average molecular weight is 453 g/mol. The average Bonchev–Trinajstić information content (AvgIpc) is 3.35. The minimum absolute atomic E-state index is 0.00697. The number of nitrogens with zero attached hydrogens (tertiary/aromatic N) is 1. The first-order valence-electron chi connectivity index (χ1n) is 12.0. The summed E-state index contributed by atoms with van der Waals surface area (Å²) >= 11 is 0. The fourth-order valence-corrected chi connectivity index (χ4v) is 5.43. The molecule has 176 valence electrons. The predicted molar refractivity (Wildman–Crippen MR) is 126 cm³/mol. The summed E-state index contributed by atoms with van der Waals surface area (Å²) in [6.07, 6.45) is 10.2. The van der Waals surface area contributed by atoms with Crippen LogP contribution in [0.25, 0.3) is 0 Å². The standard InChI is InChI=1S/C26H33FN4O2/c27-21-9-7-20(8-10-21)26(13-1-2-14-26)25(33)30-17-23(28)18-3-5-19(6-4-18)24(32)31-22-11-15-29-16-12-22/h7-12,15-16,18-19,23H,1-6,13-14,17,28H2,(H,30,33)(H,29,31,32)/t18-,19-,23?. The van der Waals surface area contributed by atoms with E-state index in [9.17, 15) is 14.0 Å². The summed E-state index contributed by atoms with van der Waals surface area (Å²) < 4.78 is 13.4. The summed E-state index contributed by atoms with van der Waals surface area (Å²) in [5, 5.41) is 6.06. The number of carbonyl (C=O) groups is 2.